The number of benzene rings is 2. The predicted octanol–water partition coefficient (Wildman–Crippen LogP) is 6.78. The quantitative estimate of drug-likeness (QED) is 0.170. The molecule has 3 rings (SSSR count). The van der Waals surface area contributed by atoms with Crippen LogP contribution in [0.1, 0.15) is 39.0 Å². The minimum atomic E-state index is -0.473. The molecule has 176 valence electrons. The molecule has 6 nitrogen and oxygen atoms in total. The van der Waals surface area contributed by atoms with Crippen LogP contribution in [0.5, 0.6) is 5.75 Å². The van der Waals surface area contributed by atoms with E-state index in [1.165, 1.54) is 18.5 Å². The van der Waals surface area contributed by atoms with E-state index < -0.39 is 5.82 Å². The lowest BCUT2D eigenvalue weighted by molar-refractivity contribution is -0.143. The maximum absolute atomic E-state index is 13.5. The normalized spacial score (nSPS) is 10.9. The summed E-state index contributed by atoms with van der Waals surface area (Å²) >= 11 is 7.61. The molecule has 0 aliphatic rings. The number of carbonyl (C=O) groups excluding carboxylic acids is 1. The zero-order valence-electron chi connectivity index (χ0n) is 18.7. The third-order valence-electron chi connectivity index (χ3n) is 4.94. The average Bonchev–Trinajstić information content (AvgIpc) is 2.81. The van der Waals surface area contributed by atoms with E-state index in [1.807, 2.05) is 19.1 Å². The van der Waals surface area contributed by atoms with Gasteiger partial charge >= 0.3 is 5.97 Å². The first-order valence-corrected chi connectivity index (χ1v) is 12.2. The van der Waals surface area contributed by atoms with Crippen LogP contribution >= 0.6 is 23.4 Å². The fourth-order valence-corrected chi connectivity index (χ4v) is 4.52. The third-order valence-corrected chi connectivity index (χ3v) is 6.35. The molecular formula is C24H27ClFN3O3S. The number of hydrogen-bond acceptors (Lipinski definition) is 7. The molecule has 3 aromatic rings. The number of fused-ring (bicyclic) bond motifs is 1. The van der Waals surface area contributed by atoms with Crippen LogP contribution in [-0.4, -0.2) is 35.4 Å². The highest BCUT2D eigenvalue weighted by atomic mass is 35.5. The van der Waals surface area contributed by atoms with Crippen LogP contribution in [0.15, 0.2) is 41.6 Å². The van der Waals surface area contributed by atoms with Crippen LogP contribution in [0, 0.1) is 5.82 Å². The van der Waals surface area contributed by atoms with E-state index in [0.29, 0.717) is 24.5 Å². The Balaban J connectivity index is 1.64. The van der Waals surface area contributed by atoms with Gasteiger partial charge < -0.3 is 14.8 Å². The molecule has 0 radical (unpaired) electrons. The van der Waals surface area contributed by atoms with E-state index in [9.17, 15) is 9.18 Å². The van der Waals surface area contributed by atoms with Gasteiger partial charge in [0, 0.05) is 23.6 Å². The first-order valence-electron chi connectivity index (χ1n) is 10.8. The Hall–Kier alpha value is -2.58. The molecule has 0 unspecified atom stereocenters. The maximum Gasteiger partial charge on any atom is 0.305 e. The van der Waals surface area contributed by atoms with E-state index in [1.54, 1.807) is 24.9 Å². The van der Waals surface area contributed by atoms with Crippen LogP contribution in [0.3, 0.4) is 0 Å². The highest BCUT2D eigenvalue weighted by Gasteiger charge is 2.12. The summed E-state index contributed by atoms with van der Waals surface area (Å²) in [5.74, 6) is 1.68. The highest BCUT2D eigenvalue weighted by Crippen LogP contribution is 2.36. The van der Waals surface area contributed by atoms with Crippen molar-refractivity contribution in [2.24, 2.45) is 0 Å². The number of methoxy groups -OCH3 is 1. The maximum atomic E-state index is 13.5. The Morgan fingerprint density at radius 2 is 1.97 bits per heavy atom. The van der Waals surface area contributed by atoms with E-state index in [0.717, 1.165) is 53.0 Å². The Morgan fingerprint density at radius 3 is 2.73 bits per heavy atom. The summed E-state index contributed by atoms with van der Waals surface area (Å²) in [6.07, 6.45) is 5.87. The van der Waals surface area contributed by atoms with Crippen molar-refractivity contribution in [1.82, 2.24) is 9.97 Å². The molecule has 1 heterocycles. The summed E-state index contributed by atoms with van der Waals surface area (Å²) in [7, 11) is 1.64. The minimum absolute atomic E-state index is 0.0403. The standard InChI is InChI=1S/C24H27ClFN3O3S/c1-3-32-23(30)8-6-4-5-7-11-33-22-13-17-20(14-21(22)31-2)27-15-28-24(17)29-16-9-10-19(26)18(25)12-16/h9-10,12-15H,3-8,11H2,1-2H3,(H,27,28,29). The molecule has 0 fully saturated rings. The monoisotopic (exact) mass is 491 g/mol. The van der Waals surface area contributed by atoms with Gasteiger partial charge in [0.05, 0.1) is 29.2 Å². The summed E-state index contributed by atoms with van der Waals surface area (Å²) in [6, 6.07) is 8.34. The van der Waals surface area contributed by atoms with Crippen molar-refractivity contribution in [1.29, 1.82) is 0 Å². The molecule has 0 amide bonds. The van der Waals surface area contributed by atoms with Crippen LogP contribution in [0.4, 0.5) is 15.9 Å². The summed E-state index contributed by atoms with van der Waals surface area (Å²) in [5.41, 5.74) is 1.37. The molecule has 0 aliphatic carbocycles. The number of carbonyl (C=O) groups is 1. The molecule has 2 aromatic carbocycles. The second-order valence-electron chi connectivity index (χ2n) is 7.31. The molecule has 0 saturated carbocycles. The predicted molar refractivity (Wildman–Crippen MR) is 131 cm³/mol. The van der Waals surface area contributed by atoms with Gasteiger partial charge in [-0.25, -0.2) is 14.4 Å². The second-order valence-corrected chi connectivity index (χ2v) is 8.86. The molecule has 0 aliphatic heterocycles. The lowest BCUT2D eigenvalue weighted by atomic mass is 10.1. The number of nitrogens with one attached hydrogen (secondary N) is 1. The zero-order chi connectivity index (χ0) is 23.6. The van der Waals surface area contributed by atoms with Crippen molar-refractivity contribution in [3.8, 4) is 5.75 Å². The number of halogens is 2. The number of ether oxygens (including phenoxy) is 2. The summed E-state index contributed by atoms with van der Waals surface area (Å²) < 4.78 is 24.0. The van der Waals surface area contributed by atoms with Gasteiger partial charge in [-0.3, -0.25) is 4.79 Å². The Labute approximate surface area is 202 Å². The first-order chi connectivity index (χ1) is 16.0. The Morgan fingerprint density at radius 1 is 1.15 bits per heavy atom. The van der Waals surface area contributed by atoms with Crippen molar-refractivity contribution in [2.75, 3.05) is 24.8 Å². The number of hydrogen-bond donors (Lipinski definition) is 1. The van der Waals surface area contributed by atoms with Gasteiger partial charge in [-0.1, -0.05) is 24.4 Å². The van der Waals surface area contributed by atoms with E-state index >= 15 is 0 Å². The molecule has 9 heteroatoms. The number of esters is 1. The fraction of sp³-hybridized carbons (Fsp3) is 0.375. The van der Waals surface area contributed by atoms with Gasteiger partial charge in [-0.2, -0.15) is 0 Å². The molecular weight excluding hydrogens is 465 g/mol. The van der Waals surface area contributed by atoms with Crippen molar-refractivity contribution < 1.29 is 18.7 Å². The number of nitrogens with zero attached hydrogens (tertiary/aromatic N) is 2. The molecule has 33 heavy (non-hydrogen) atoms. The highest BCUT2D eigenvalue weighted by molar-refractivity contribution is 7.99. The van der Waals surface area contributed by atoms with E-state index in [4.69, 9.17) is 21.1 Å². The summed E-state index contributed by atoms with van der Waals surface area (Å²) in [5, 5.41) is 4.07. The van der Waals surface area contributed by atoms with Gasteiger partial charge in [0.15, 0.2) is 0 Å². The number of unbranched alkanes of at least 4 members (excludes halogenated alkanes) is 3. The smallest absolute Gasteiger partial charge is 0.305 e. The van der Waals surface area contributed by atoms with Crippen molar-refractivity contribution in [3.63, 3.8) is 0 Å². The van der Waals surface area contributed by atoms with Crippen LogP contribution in [0.25, 0.3) is 10.9 Å². The van der Waals surface area contributed by atoms with E-state index in [-0.39, 0.29) is 11.0 Å². The number of anilines is 2. The summed E-state index contributed by atoms with van der Waals surface area (Å²) in [4.78, 5) is 21.1. The van der Waals surface area contributed by atoms with Crippen molar-refractivity contribution in [3.05, 3.63) is 47.5 Å². The largest absolute Gasteiger partial charge is 0.496 e. The Kier molecular flexibility index (Phi) is 9.57. The minimum Gasteiger partial charge on any atom is -0.496 e. The van der Waals surface area contributed by atoms with E-state index in [2.05, 4.69) is 15.3 Å². The van der Waals surface area contributed by atoms with Crippen molar-refractivity contribution in [2.45, 2.75) is 43.9 Å². The SMILES string of the molecule is CCOC(=O)CCCCCCSc1cc2c(Nc3ccc(F)c(Cl)c3)ncnc2cc1OC. The van der Waals surface area contributed by atoms with Gasteiger partial charge in [0.1, 0.15) is 23.7 Å². The summed E-state index contributed by atoms with van der Waals surface area (Å²) in [6.45, 7) is 2.25. The van der Waals surface area contributed by atoms with Gasteiger partial charge in [0.25, 0.3) is 0 Å². The second kappa shape index (κ2) is 12.6. The lowest BCUT2D eigenvalue weighted by Gasteiger charge is -2.13. The van der Waals surface area contributed by atoms with Crippen LogP contribution in [-0.2, 0) is 9.53 Å². The molecule has 0 saturated heterocycles. The number of thioether (sulfide) groups is 1. The topological polar surface area (TPSA) is 73.3 Å². The van der Waals surface area contributed by atoms with Gasteiger partial charge in [0.2, 0.25) is 0 Å². The fourth-order valence-electron chi connectivity index (χ4n) is 3.29. The Bertz CT molecular complexity index is 1100. The zero-order valence-corrected chi connectivity index (χ0v) is 20.3. The average molecular weight is 492 g/mol. The van der Waals surface area contributed by atoms with Crippen molar-refractivity contribution >= 4 is 51.7 Å². The first kappa shape index (κ1) is 25.1. The number of rotatable bonds is 12. The number of aromatic nitrogens is 2. The van der Waals surface area contributed by atoms with Gasteiger partial charge in [-0.05, 0) is 49.8 Å². The van der Waals surface area contributed by atoms with Crippen LogP contribution in [0.2, 0.25) is 5.02 Å². The lowest BCUT2D eigenvalue weighted by Crippen LogP contribution is -2.03. The van der Waals surface area contributed by atoms with Crippen LogP contribution < -0.4 is 10.1 Å². The third kappa shape index (κ3) is 7.20. The van der Waals surface area contributed by atoms with Gasteiger partial charge in [-0.15, -0.1) is 11.8 Å². The molecule has 0 spiro atoms. The molecule has 1 N–H and O–H groups in total. The molecule has 0 bridgehead atoms. The molecule has 1 aromatic heterocycles. The molecule has 0 atom stereocenters.